The summed E-state index contributed by atoms with van der Waals surface area (Å²) in [6.45, 7) is 0. The van der Waals surface area contributed by atoms with Crippen molar-refractivity contribution in [1.29, 1.82) is 0 Å². The van der Waals surface area contributed by atoms with Crippen molar-refractivity contribution in [3.05, 3.63) is 30.0 Å². The lowest BCUT2D eigenvalue weighted by molar-refractivity contribution is 0.609. The first-order valence-corrected chi connectivity index (χ1v) is 5.46. The maximum absolute atomic E-state index is 6.07. The molecule has 0 saturated heterocycles. The van der Waals surface area contributed by atoms with Crippen molar-refractivity contribution in [2.75, 3.05) is 0 Å². The summed E-state index contributed by atoms with van der Waals surface area (Å²) in [7, 11) is 0. The van der Waals surface area contributed by atoms with Gasteiger partial charge < -0.3 is 5.73 Å². The highest BCUT2D eigenvalue weighted by Crippen LogP contribution is 2.36. The van der Waals surface area contributed by atoms with Crippen molar-refractivity contribution in [3.63, 3.8) is 0 Å². The van der Waals surface area contributed by atoms with Gasteiger partial charge in [-0.25, -0.2) is 0 Å². The van der Waals surface area contributed by atoms with E-state index < -0.39 is 0 Å². The highest BCUT2D eigenvalue weighted by molar-refractivity contribution is 5.78. The molecule has 3 nitrogen and oxygen atoms in total. The summed E-state index contributed by atoms with van der Waals surface area (Å²) in [5, 5.41) is 8.18. The minimum absolute atomic E-state index is 0.156. The molecule has 0 bridgehead atoms. The van der Waals surface area contributed by atoms with Crippen LogP contribution in [0.1, 0.15) is 24.8 Å². The summed E-state index contributed by atoms with van der Waals surface area (Å²) >= 11 is 0. The zero-order chi connectivity index (χ0) is 10.3. The van der Waals surface area contributed by atoms with E-state index in [2.05, 4.69) is 28.4 Å². The van der Waals surface area contributed by atoms with Crippen molar-refractivity contribution >= 4 is 10.9 Å². The Labute approximate surface area is 88.7 Å². The number of hydrogen-bond acceptors (Lipinski definition) is 2. The Hall–Kier alpha value is -1.35. The number of fused-ring (bicyclic) bond motifs is 1. The maximum Gasteiger partial charge on any atom is 0.0653 e. The molecule has 0 unspecified atom stereocenters. The molecule has 0 aliphatic heterocycles. The smallest absolute Gasteiger partial charge is 0.0653 e. The van der Waals surface area contributed by atoms with Gasteiger partial charge in [0.1, 0.15) is 0 Å². The number of nitrogens with one attached hydrogen (secondary N) is 1. The zero-order valence-corrected chi connectivity index (χ0v) is 8.66. The summed E-state index contributed by atoms with van der Waals surface area (Å²) < 4.78 is 0. The number of aromatic nitrogens is 2. The third kappa shape index (κ3) is 1.75. The normalized spacial score (nSPS) is 18.2. The van der Waals surface area contributed by atoms with Crippen LogP contribution in [0.25, 0.3) is 10.9 Å². The molecule has 0 amide bonds. The Kier molecular flexibility index (Phi) is 1.83. The Morgan fingerprint density at radius 2 is 2.27 bits per heavy atom. The van der Waals surface area contributed by atoms with Crippen LogP contribution >= 0.6 is 0 Å². The third-order valence-electron chi connectivity index (χ3n) is 3.31. The average molecular weight is 201 g/mol. The molecule has 78 valence electrons. The molecule has 1 aliphatic rings. The van der Waals surface area contributed by atoms with E-state index in [0.29, 0.717) is 0 Å². The largest absolute Gasteiger partial charge is 0.325 e. The van der Waals surface area contributed by atoms with Gasteiger partial charge in [0.2, 0.25) is 0 Å². The van der Waals surface area contributed by atoms with Gasteiger partial charge in [0.05, 0.1) is 11.7 Å². The number of benzene rings is 1. The van der Waals surface area contributed by atoms with E-state index in [9.17, 15) is 0 Å². The first-order valence-electron chi connectivity index (χ1n) is 5.46. The number of rotatable bonds is 3. The average Bonchev–Trinajstić information content (AvgIpc) is 2.80. The standard InChI is InChI=1S/C12H15N3/c13-12(5-6-12)4-3-9-1-2-10-8-14-15-11(10)7-9/h1-2,7-8H,3-6,13H2,(H,14,15). The number of H-pyrrole nitrogens is 1. The zero-order valence-electron chi connectivity index (χ0n) is 8.66. The molecular formula is C12H15N3. The van der Waals surface area contributed by atoms with Crippen LogP contribution in [0, 0.1) is 0 Å². The van der Waals surface area contributed by atoms with Crippen molar-refractivity contribution in [2.24, 2.45) is 5.73 Å². The van der Waals surface area contributed by atoms with Crippen molar-refractivity contribution in [3.8, 4) is 0 Å². The summed E-state index contributed by atoms with van der Waals surface area (Å²) in [4.78, 5) is 0. The molecular weight excluding hydrogens is 186 g/mol. The molecule has 3 N–H and O–H groups in total. The molecule has 1 aromatic heterocycles. The van der Waals surface area contributed by atoms with Gasteiger partial charge in [0.25, 0.3) is 0 Å². The van der Waals surface area contributed by atoms with Gasteiger partial charge in [-0.15, -0.1) is 0 Å². The quantitative estimate of drug-likeness (QED) is 0.797. The number of nitrogens with two attached hydrogens (primary N) is 1. The molecule has 0 radical (unpaired) electrons. The molecule has 0 atom stereocenters. The fraction of sp³-hybridized carbons (Fsp3) is 0.417. The van der Waals surface area contributed by atoms with Crippen LogP contribution in [-0.4, -0.2) is 15.7 Å². The number of nitrogens with zero attached hydrogens (tertiary/aromatic N) is 1. The Morgan fingerprint density at radius 1 is 1.40 bits per heavy atom. The van der Waals surface area contributed by atoms with E-state index in [1.54, 1.807) is 0 Å². The molecule has 15 heavy (non-hydrogen) atoms. The molecule has 1 aliphatic carbocycles. The molecule has 3 rings (SSSR count). The third-order valence-corrected chi connectivity index (χ3v) is 3.31. The van der Waals surface area contributed by atoms with E-state index in [4.69, 9.17) is 5.73 Å². The number of hydrogen-bond donors (Lipinski definition) is 2. The van der Waals surface area contributed by atoms with E-state index in [1.807, 2.05) is 6.20 Å². The maximum atomic E-state index is 6.07. The molecule has 3 heteroatoms. The Balaban J connectivity index is 1.78. The highest BCUT2D eigenvalue weighted by Gasteiger charge is 2.37. The van der Waals surface area contributed by atoms with Crippen LogP contribution in [0.3, 0.4) is 0 Å². The monoisotopic (exact) mass is 201 g/mol. The summed E-state index contributed by atoms with van der Waals surface area (Å²) in [5.41, 5.74) is 8.69. The van der Waals surface area contributed by atoms with Gasteiger partial charge in [0, 0.05) is 10.9 Å². The van der Waals surface area contributed by atoms with Crippen LogP contribution < -0.4 is 5.73 Å². The second kappa shape index (κ2) is 3.07. The van der Waals surface area contributed by atoms with Crippen molar-refractivity contribution in [1.82, 2.24) is 10.2 Å². The lowest BCUT2D eigenvalue weighted by Crippen LogP contribution is -2.22. The van der Waals surface area contributed by atoms with Crippen LogP contribution in [0.4, 0.5) is 0 Å². The summed E-state index contributed by atoms with van der Waals surface area (Å²) in [6.07, 6.45) is 6.42. The fourth-order valence-electron chi connectivity index (χ4n) is 1.94. The molecule has 1 saturated carbocycles. The SMILES string of the molecule is NC1(CCc2ccc3cn[nH]c3c2)CC1. The number of aryl methyl sites for hydroxylation is 1. The second-order valence-electron chi connectivity index (χ2n) is 4.65. The first-order chi connectivity index (χ1) is 7.25. The Bertz CT molecular complexity index is 482. The van der Waals surface area contributed by atoms with Gasteiger partial charge in [-0.3, -0.25) is 5.10 Å². The van der Waals surface area contributed by atoms with Crippen LogP contribution in [0.2, 0.25) is 0 Å². The summed E-state index contributed by atoms with van der Waals surface area (Å²) in [5.74, 6) is 0. The molecule has 0 spiro atoms. The van der Waals surface area contributed by atoms with Gasteiger partial charge in [0.15, 0.2) is 0 Å². The molecule has 1 fully saturated rings. The van der Waals surface area contributed by atoms with Crippen LogP contribution in [0.15, 0.2) is 24.4 Å². The molecule has 1 aromatic carbocycles. The van der Waals surface area contributed by atoms with Crippen LogP contribution in [-0.2, 0) is 6.42 Å². The van der Waals surface area contributed by atoms with Gasteiger partial charge in [-0.1, -0.05) is 12.1 Å². The lowest BCUT2D eigenvalue weighted by atomic mass is 10.0. The molecule has 1 heterocycles. The fourth-order valence-corrected chi connectivity index (χ4v) is 1.94. The van der Waals surface area contributed by atoms with Crippen molar-refractivity contribution < 1.29 is 0 Å². The second-order valence-corrected chi connectivity index (χ2v) is 4.65. The van der Waals surface area contributed by atoms with Gasteiger partial charge in [-0.05, 0) is 37.3 Å². The van der Waals surface area contributed by atoms with E-state index >= 15 is 0 Å². The van der Waals surface area contributed by atoms with E-state index in [1.165, 1.54) is 23.8 Å². The summed E-state index contributed by atoms with van der Waals surface area (Å²) in [6, 6.07) is 6.46. The van der Waals surface area contributed by atoms with Gasteiger partial charge >= 0.3 is 0 Å². The number of aromatic amines is 1. The van der Waals surface area contributed by atoms with Crippen molar-refractivity contribution in [2.45, 2.75) is 31.2 Å². The lowest BCUT2D eigenvalue weighted by Gasteiger charge is -2.07. The topological polar surface area (TPSA) is 54.7 Å². The highest BCUT2D eigenvalue weighted by atomic mass is 15.1. The van der Waals surface area contributed by atoms with Gasteiger partial charge in [-0.2, -0.15) is 5.10 Å². The first kappa shape index (κ1) is 8.92. The minimum Gasteiger partial charge on any atom is -0.325 e. The predicted octanol–water partition coefficient (Wildman–Crippen LogP) is 1.99. The Morgan fingerprint density at radius 3 is 3.07 bits per heavy atom. The van der Waals surface area contributed by atoms with E-state index in [0.717, 1.165) is 18.4 Å². The van der Waals surface area contributed by atoms with E-state index in [-0.39, 0.29) is 5.54 Å². The van der Waals surface area contributed by atoms with Crippen LogP contribution in [0.5, 0.6) is 0 Å². The predicted molar refractivity (Wildman–Crippen MR) is 60.6 cm³/mol. The molecule has 2 aromatic rings. The minimum atomic E-state index is 0.156.